The quantitative estimate of drug-likeness (QED) is 0.577. The average molecular weight is 494 g/mol. The van der Waals surface area contributed by atoms with Crippen LogP contribution in [0.5, 0.6) is 11.5 Å². The second kappa shape index (κ2) is 7.97. The Balaban J connectivity index is 1.98. The van der Waals surface area contributed by atoms with Crippen molar-refractivity contribution < 1.29 is 27.8 Å². The Morgan fingerprint density at radius 3 is 2.31 bits per heavy atom. The summed E-state index contributed by atoms with van der Waals surface area (Å²) in [6.07, 6.45) is 0. The first-order valence-corrected chi connectivity index (χ1v) is 11.4. The summed E-state index contributed by atoms with van der Waals surface area (Å²) in [6.45, 7) is 0. The van der Waals surface area contributed by atoms with Gasteiger partial charge < -0.3 is 14.6 Å². The summed E-state index contributed by atoms with van der Waals surface area (Å²) < 4.78 is 38.3. The van der Waals surface area contributed by atoms with Gasteiger partial charge in [0.2, 0.25) is 0 Å². The molecule has 3 aromatic carbocycles. The van der Waals surface area contributed by atoms with Crippen molar-refractivity contribution >= 4 is 44.8 Å². The van der Waals surface area contributed by atoms with Crippen molar-refractivity contribution in [1.29, 1.82) is 0 Å². The first-order chi connectivity index (χ1) is 15.2. The zero-order valence-corrected chi connectivity index (χ0v) is 19.2. The predicted molar refractivity (Wildman–Crippen MR) is 120 cm³/mol. The number of anilines is 1. The maximum Gasteiger partial charge on any atom is 0.282 e. The average Bonchev–Trinajstić information content (AvgIpc) is 3.01. The molecule has 4 rings (SSSR count). The largest absolute Gasteiger partial charge is 0.497 e. The van der Waals surface area contributed by atoms with Crippen molar-refractivity contribution in [2.45, 2.75) is 10.5 Å². The number of fused-ring (bicyclic) bond motifs is 1. The smallest absolute Gasteiger partial charge is 0.282 e. The molecule has 0 aliphatic carbocycles. The number of ether oxygens (including phenoxy) is 2. The van der Waals surface area contributed by atoms with E-state index >= 15 is 0 Å². The fraction of sp³-hybridized carbons (Fsp3) is 0.136. The van der Waals surface area contributed by atoms with Gasteiger partial charge in [-0.1, -0.05) is 41.4 Å². The van der Waals surface area contributed by atoms with Crippen LogP contribution in [0.4, 0.5) is 5.69 Å². The molecule has 0 fully saturated rings. The van der Waals surface area contributed by atoms with E-state index in [1.165, 1.54) is 62.8 Å². The number of amides is 1. The number of hydrogen-bond donors (Lipinski definition) is 1. The van der Waals surface area contributed by atoms with E-state index in [0.29, 0.717) is 10.1 Å². The summed E-state index contributed by atoms with van der Waals surface area (Å²) in [5.74, 6) is -0.769. The van der Waals surface area contributed by atoms with Gasteiger partial charge >= 0.3 is 0 Å². The molecule has 7 nitrogen and oxygen atoms in total. The van der Waals surface area contributed by atoms with Gasteiger partial charge in [0.15, 0.2) is 5.60 Å². The summed E-state index contributed by atoms with van der Waals surface area (Å²) in [4.78, 5) is 13.3. The molecule has 0 spiro atoms. The second-order valence-electron chi connectivity index (χ2n) is 6.94. The first kappa shape index (κ1) is 22.4. The fourth-order valence-electron chi connectivity index (χ4n) is 3.69. The van der Waals surface area contributed by atoms with E-state index in [4.69, 9.17) is 32.7 Å². The second-order valence-corrected chi connectivity index (χ2v) is 9.54. The van der Waals surface area contributed by atoms with Crippen LogP contribution in [0.15, 0.2) is 65.6 Å². The van der Waals surface area contributed by atoms with Crippen molar-refractivity contribution in [3.05, 3.63) is 81.8 Å². The number of aliphatic hydroxyl groups is 1. The highest BCUT2D eigenvalue weighted by Gasteiger charge is 2.56. The Kier molecular flexibility index (Phi) is 5.58. The molecule has 1 unspecified atom stereocenters. The minimum atomic E-state index is -4.52. The minimum absolute atomic E-state index is 0.000784. The van der Waals surface area contributed by atoms with Gasteiger partial charge in [0, 0.05) is 27.2 Å². The summed E-state index contributed by atoms with van der Waals surface area (Å²) >= 11 is 12.4. The molecule has 1 N–H and O–H groups in total. The highest BCUT2D eigenvalue weighted by atomic mass is 35.5. The molecular weight excluding hydrogens is 477 g/mol. The Morgan fingerprint density at radius 1 is 0.938 bits per heavy atom. The van der Waals surface area contributed by atoms with E-state index in [-0.39, 0.29) is 37.5 Å². The summed E-state index contributed by atoms with van der Waals surface area (Å²) in [5.41, 5.74) is -2.38. The maximum atomic E-state index is 13.7. The molecule has 1 amide bonds. The number of halogens is 2. The lowest BCUT2D eigenvalue weighted by molar-refractivity contribution is -0.131. The fourth-order valence-corrected chi connectivity index (χ4v) is 5.73. The predicted octanol–water partition coefficient (Wildman–Crippen LogP) is 3.98. The molecule has 1 heterocycles. The SMILES string of the molecule is COc1ccc(S(=O)(=O)N2C(=O)C(O)(c3ccccc3Cl)c3cc(Cl)ccc32)c(OC)c1. The van der Waals surface area contributed by atoms with Crippen LogP contribution in [0.25, 0.3) is 0 Å². The van der Waals surface area contributed by atoms with Gasteiger partial charge in [-0.25, -0.2) is 8.42 Å². The summed E-state index contributed by atoms with van der Waals surface area (Å²) in [5, 5.41) is 11.9. The van der Waals surface area contributed by atoms with Crippen LogP contribution in [0, 0.1) is 0 Å². The van der Waals surface area contributed by atoms with Crippen LogP contribution in [0.1, 0.15) is 11.1 Å². The van der Waals surface area contributed by atoms with Crippen LogP contribution in [-0.4, -0.2) is 33.7 Å². The molecule has 1 aliphatic heterocycles. The van der Waals surface area contributed by atoms with Gasteiger partial charge in [0.05, 0.1) is 19.9 Å². The zero-order valence-electron chi connectivity index (χ0n) is 16.9. The highest BCUT2D eigenvalue weighted by molar-refractivity contribution is 7.93. The normalized spacial score (nSPS) is 17.9. The number of hydrogen-bond acceptors (Lipinski definition) is 6. The molecule has 0 aromatic heterocycles. The Bertz CT molecular complexity index is 1340. The Hall–Kier alpha value is -2.78. The van der Waals surface area contributed by atoms with Crippen LogP contribution in [-0.2, 0) is 20.4 Å². The van der Waals surface area contributed by atoms with E-state index in [1.54, 1.807) is 12.1 Å². The van der Waals surface area contributed by atoms with Gasteiger partial charge in [0.1, 0.15) is 16.4 Å². The van der Waals surface area contributed by atoms with E-state index in [2.05, 4.69) is 0 Å². The van der Waals surface area contributed by atoms with E-state index in [9.17, 15) is 18.3 Å². The molecule has 0 radical (unpaired) electrons. The highest BCUT2D eigenvalue weighted by Crippen LogP contribution is 2.49. The lowest BCUT2D eigenvalue weighted by Crippen LogP contribution is -2.44. The Labute approximate surface area is 194 Å². The molecule has 1 aliphatic rings. The molecular formula is C22H17Cl2NO6S. The monoisotopic (exact) mass is 493 g/mol. The van der Waals surface area contributed by atoms with Gasteiger partial charge in [-0.15, -0.1) is 0 Å². The number of methoxy groups -OCH3 is 2. The molecule has 0 saturated heterocycles. The third kappa shape index (κ3) is 3.22. The molecule has 32 heavy (non-hydrogen) atoms. The Morgan fingerprint density at radius 2 is 1.66 bits per heavy atom. The standard InChI is InChI=1S/C22H17Cl2NO6S/c1-30-14-8-10-20(19(12-14)31-2)32(28,29)25-18-9-7-13(23)11-16(18)22(27,21(25)26)15-5-3-4-6-17(15)24/h3-12,27H,1-2H3. The van der Waals surface area contributed by atoms with Crippen molar-refractivity contribution in [1.82, 2.24) is 0 Å². The molecule has 166 valence electrons. The van der Waals surface area contributed by atoms with Gasteiger partial charge in [-0.05, 0) is 36.4 Å². The van der Waals surface area contributed by atoms with Crippen LogP contribution in [0.3, 0.4) is 0 Å². The lowest BCUT2D eigenvalue weighted by Gasteiger charge is -2.24. The van der Waals surface area contributed by atoms with Crippen LogP contribution in [0.2, 0.25) is 10.0 Å². The lowest BCUT2D eigenvalue weighted by atomic mass is 9.87. The van der Waals surface area contributed by atoms with Gasteiger partial charge in [-0.2, -0.15) is 4.31 Å². The molecule has 3 aromatic rings. The molecule has 0 saturated carbocycles. The molecule has 10 heteroatoms. The first-order valence-electron chi connectivity index (χ1n) is 9.25. The van der Waals surface area contributed by atoms with Crippen LogP contribution < -0.4 is 13.8 Å². The number of rotatable bonds is 5. The number of carbonyl (C=O) groups excluding carboxylic acids is 1. The number of sulfonamides is 1. The number of nitrogens with zero attached hydrogens (tertiary/aromatic N) is 1. The minimum Gasteiger partial charge on any atom is -0.497 e. The summed E-state index contributed by atoms with van der Waals surface area (Å²) in [6, 6.07) is 14.4. The van der Waals surface area contributed by atoms with E-state index < -0.39 is 21.5 Å². The van der Waals surface area contributed by atoms with Crippen molar-refractivity contribution in [2.75, 3.05) is 18.5 Å². The van der Waals surface area contributed by atoms with Crippen molar-refractivity contribution in [2.24, 2.45) is 0 Å². The van der Waals surface area contributed by atoms with Gasteiger partial charge in [0.25, 0.3) is 15.9 Å². The third-order valence-electron chi connectivity index (χ3n) is 5.21. The van der Waals surface area contributed by atoms with Crippen molar-refractivity contribution in [3.8, 4) is 11.5 Å². The summed E-state index contributed by atoms with van der Waals surface area (Å²) in [7, 11) is -1.79. The van der Waals surface area contributed by atoms with Crippen molar-refractivity contribution in [3.63, 3.8) is 0 Å². The van der Waals surface area contributed by atoms with E-state index in [0.717, 1.165) is 0 Å². The molecule has 1 atom stereocenters. The number of benzene rings is 3. The maximum absolute atomic E-state index is 13.7. The van der Waals surface area contributed by atoms with E-state index in [1.807, 2.05) is 0 Å². The van der Waals surface area contributed by atoms with Crippen LogP contribution >= 0.6 is 23.2 Å². The third-order valence-corrected chi connectivity index (χ3v) is 7.51. The molecule has 0 bridgehead atoms. The number of carbonyl (C=O) groups is 1. The van der Waals surface area contributed by atoms with Gasteiger partial charge in [-0.3, -0.25) is 4.79 Å². The zero-order chi connectivity index (χ0) is 23.3. The topological polar surface area (TPSA) is 93.1 Å².